The van der Waals surface area contributed by atoms with Crippen LogP contribution in [-0.4, -0.2) is 30.1 Å². The normalized spacial score (nSPS) is 15.9. The number of anilines is 2. The summed E-state index contributed by atoms with van der Waals surface area (Å²) < 4.78 is 0. The van der Waals surface area contributed by atoms with Crippen molar-refractivity contribution in [3.05, 3.63) is 54.1 Å². The summed E-state index contributed by atoms with van der Waals surface area (Å²) >= 11 is 0. The van der Waals surface area contributed by atoms with Gasteiger partial charge in [0.1, 0.15) is 5.75 Å². The maximum absolute atomic E-state index is 9.69. The van der Waals surface area contributed by atoms with Crippen molar-refractivity contribution < 1.29 is 5.11 Å². The van der Waals surface area contributed by atoms with Crippen LogP contribution in [0, 0.1) is 0 Å². The molecule has 0 spiro atoms. The van der Waals surface area contributed by atoms with Crippen LogP contribution in [0.15, 0.2) is 48.5 Å². The fourth-order valence-corrected chi connectivity index (χ4v) is 2.60. The molecule has 3 heteroatoms. The number of phenols is 1. The Hall–Kier alpha value is -2.00. The van der Waals surface area contributed by atoms with Crippen LogP contribution >= 0.6 is 0 Å². The molecule has 1 aliphatic heterocycles. The molecule has 0 aromatic heterocycles. The number of hydrogen-bond acceptors (Lipinski definition) is 3. The second-order valence-corrected chi connectivity index (χ2v) is 5.04. The monoisotopic (exact) mass is 254 g/mol. The summed E-state index contributed by atoms with van der Waals surface area (Å²) in [5.74, 6) is 0.335. The Morgan fingerprint density at radius 3 is 2.58 bits per heavy atom. The minimum atomic E-state index is 0.335. The highest BCUT2D eigenvalue weighted by Crippen LogP contribution is 2.33. The van der Waals surface area contributed by atoms with Crippen LogP contribution in [0.4, 0.5) is 11.4 Å². The van der Waals surface area contributed by atoms with Crippen molar-refractivity contribution in [2.45, 2.75) is 6.54 Å². The number of para-hydroxylation sites is 1. The van der Waals surface area contributed by atoms with Crippen LogP contribution in [0.3, 0.4) is 0 Å². The molecule has 2 aromatic rings. The van der Waals surface area contributed by atoms with Crippen molar-refractivity contribution in [1.82, 2.24) is 4.90 Å². The number of rotatable bonds is 1. The van der Waals surface area contributed by atoms with Crippen LogP contribution in [0.25, 0.3) is 0 Å². The van der Waals surface area contributed by atoms with Gasteiger partial charge in [-0.3, -0.25) is 0 Å². The largest absolute Gasteiger partial charge is 0.508 e. The number of likely N-dealkylation sites (N-methyl/N-ethyl adjacent to an activating group) is 1. The number of nitrogens with zero attached hydrogens (tertiary/aromatic N) is 2. The lowest BCUT2D eigenvalue weighted by molar-refractivity contribution is 0.343. The summed E-state index contributed by atoms with van der Waals surface area (Å²) in [6.07, 6.45) is 0. The molecule has 1 heterocycles. The molecule has 0 bridgehead atoms. The molecule has 3 nitrogen and oxygen atoms in total. The summed E-state index contributed by atoms with van der Waals surface area (Å²) in [6.45, 7) is 2.83. The quantitative estimate of drug-likeness (QED) is 0.847. The fraction of sp³-hybridized carbons (Fsp3) is 0.250. The van der Waals surface area contributed by atoms with Gasteiger partial charge in [0, 0.05) is 31.0 Å². The van der Waals surface area contributed by atoms with E-state index in [1.165, 1.54) is 16.9 Å². The molecule has 0 radical (unpaired) electrons. The van der Waals surface area contributed by atoms with E-state index in [0.29, 0.717) is 5.75 Å². The van der Waals surface area contributed by atoms with Crippen molar-refractivity contribution in [2.24, 2.45) is 0 Å². The minimum absolute atomic E-state index is 0.335. The molecule has 0 saturated heterocycles. The first-order chi connectivity index (χ1) is 9.24. The molecule has 0 aliphatic carbocycles. The lowest BCUT2D eigenvalue weighted by Crippen LogP contribution is -2.26. The van der Waals surface area contributed by atoms with Crippen LogP contribution in [0.5, 0.6) is 5.75 Å². The van der Waals surface area contributed by atoms with E-state index in [9.17, 15) is 5.11 Å². The van der Waals surface area contributed by atoms with Gasteiger partial charge in [0.15, 0.2) is 0 Å². The molecule has 0 saturated carbocycles. The molecule has 3 rings (SSSR count). The Morgan fingerprint density at radius 2 is 1.79 bits per heavy atom. The number of fused-ring (bicyclic) bond motifs is 1. The average Bonchev–Trinajstić information content (AvgIpc) is 2.57. The van der Waals surface area contributed by atoms with Crippen molar-refractivity contribution in [3.63, 3.8) is 0 Å². The van der Waals surface area contributed by atoms with Gasteiger partial charge in [-0.15, -0.1) is 0 Å². The van der Waals surface area contributed by atoms with E-state index in [0.717, 1.165) is 19.6 Å². The maximum atomic E-state index is 9.69. The predicted molar refractivity (Wildman–Crippen MR) is 77.9 cm³/mol. The molecule has 19 heavy (non-hydrogen) atoms. The number of phenolic OH excluding ortho intramolecular Hbond substituents is 1. The molecule has 0 atom stereocenters. The van der Waals surface area contributed by atoms with Gasteiger partial charge in [-0.1, -0.05) is 18.2 Å². The Balaban J connectivity index is 2.07. The zero-order chi connectivity index (χ0) is 13.2. The van der Waals surface area contributed by atoms with Gasteiger partial charge in [-0.2, -0.15) is 0 Å². The lowest BCUT2D eigenvalue weighted by atomic mass is 10.1. The molecular formula is C16H18N2O. The summed E-state index contributed by atoms with van der Waals surface area (Å²) in [6, 6.07) is 16.0. The zero-order valence-corrected chi connectivity index (χ0v) is 11.1. The third-order valence-corrected chi connectivity index (χ3v) is 3.57. The van der Waals surface area contributed by atoms with Crippen LogP contribution in [0.2, 0.25) is 0 Å². The molecule has 1 aliphatic rings. The van der Waals surface area contributed by atoms with Crippen LogP contribution in [0.1, 0.15) is 5.56 Å². The molecule has 2 aromatic carbocycles. The Kier molecular flexibility index (Phi) is 3.13. The average molecular weight is 254 g/mol. The van der Waals surface area contributed by atoms with Gasteiger partial charge in [0.25, 0.3) is 0 Å². The summed E-state index contributed by atoms with van der Waals surface area (Å²) in [7, 11) is 2.11. The highest BCUT2D eigenvalue weighted by molar-refractivity contribution is 5.67. The Morgan fingerprint density at radius 1 is 1.00 bits per heavy atom. The van der Waals surface area contributed by atoms with Gasteiger partial charge < -0.3 is 14.9 Å². The predicted octanol–water partition coefficient (Wildman–Crippen LogP) is 2.98. The summed E-state index contributed by atoms with van der Waals surface area (Å²) in [4.78, 5) is 4.60. The molecule has 0 amide bonds. The van der Waals surface area contributed by atoms with Gasteiger partial charge in [0.2, 0.25) is 0 Å². The smallest absolute Gasteiger partial charge is 0.116 e. The third-order valence-electron chi connectivity index (χ3n) is 3.57. The lowest BCUT2D eigenvalue weighted by Gasteiger charge is -2.24. The van der Waals surface area contributed by atoms with Crippen molar-refractivity contribution in [3.8, 4) is 5.75 Å². The van der Waals surface area contributed by atoms with E-state index in [1.54, 1.807) is 6.07 Å². The number of hydrogen-bond donors (Lipinski definition) is 1. The number of aromatic hydroxyl groups is 1. The zero-order valence-electron chi connectivity index (χ0n) is 11.1. The Bertz CT molecular complexity index is 568. The van der Waals surface area contributed by atoms with Crippen LogP contribution in [-0.2, 0) is 6.54 Å². The summed E-state index contributed by atoms with van der Waals surface area (Å²) in [5, 5.41) is 9.69. The van der Waals surface area contributed by atoms with E-state index in [2.05, 4.69) is 41.1 Å². The van der Waals surface area contributed by atoms with Crippen molar-refractivity contribution in [1.29, 1.82) is 0 Å². The van der Waals surface area contributed by atoms with Crippen LogP contribution < -0.4 is 4.90 Å². The molecular weight excluding hydrogens is 236 g/mol. The molecule has 0 fully saturated rings. The minimum Gasteiger partial charge on any atom is -0.508 e. The maximum Gasteiger partial charge on any atom is 0.116 e. The second kappa shape index (κ2) is 4.94. The van der Waals surface area contributed by atoms with Crippen molar-refractivity contribution in [2.75, 3.05) is 25.0 Å². The van der Waals surface area contributed by atoms with E-state index in [-0.39, 0.29) is 0 Å². The van der Waals surface area contributed by atoms with Gasteiger partial charge in [-0.25, -0.2) is 0 Å². The second-order valence-electron chi connectivity index (χ2n) is 5.04. The first-order valence-corrected chi connectivity index (χ1v) is 6.57. The molecule has 0 unspecified atom stereocenters. The highest BCUT2D eigenvalue weighted by atomic mass is 16.3. The fourth-order valence-electron chi connectivity index (χ4n) is 2.60. The highest BCUT2D eigenvalue weighted by Gasteiger charge is 2.19. The molecule has 98 valence electrons. The first kappa shape index (κ1) is 12.1. The van der Waals surface area contributed by atoms with Gasteiger partial charge in [-0.05, 0) is 42.9 Å². The summed E-state index contributed by atoms with van der Waals surface area (Å²) in [5.41, 5.74) is 3.56. The standard InChI is InChI=1S/C16H18N2O/c1-17-9-10-18(14-5-3-2-4-6-14)16-8-7-15(19)11-13(16)12-17/h2-8,11,19H,9-10,12H2,1H3. The third kappa shape index (κ3) is 2.42. The van der Waals surface area contributed by atoms with Crippen molar-refractivity contribution >= 4 is 11.4 Å². The van der Waals surface area contributed by atoms with Gasteiger partial charge >= 0.3 is 0 Å². The van der Waals surface area contributed by atoms with E-state index < -0.39 is 0 Å². The first-order valence-electron chi connectivity index (χ1n) is 6.57. The van der Waals surface area contributed by atoms with E-state index in [1.807, 2.05) is 18.2 Å². The SMILES string of the molecule is CN1CCN(c2ccccc2)c2ccc(O)cc2C1. The topological polar surface area (TPSA) is 26.7 Å². The van der Waals surface area contributed by atoms with Gasteiger partial charge in [0.05, 0.1) is 0 Å². The van der Waals surface area contributed by atoms with E-state index >= 15 is 0 Å². The molecule has 1 N–H and O–H groups in total. The van der Waals surface area contributed by atoms with E-state index in [4.69, 9.17) is 0 Å². The number of benzene rings is 2. The Labute approximate surface area is 113 Å².